The molecule has 6 heteroatoms. The first-order chi connectivity index (χ1) is 11.6. The number of hydrogen-bond donors (Lipinski definition) is 1. The number of nitrogens with zero attached hydrogens (tertiary/aromatic N) is 1. The van der Waals surface area contributed by atoms with E-state index in [4.69, 9.17) is 0 Å². The molecule has 3 nitrogen and oxygen atoms in total. The van der Waals surface area contributed by atoms with Crippen molar-refractivity contribution in [3.05, 3.63) is 52.7 Å². The number of nitrogens with one attached hydrogen (secondary N) is 1. The number of aromatic nitrogens is 1. The van der Waals surface area contributed by atoms with Crippen molar-refractivity contribution >= 4 is 45.5 Å². The number of carbonyl (C=O) groups is 1. The second-order valence-electron chi connectivity index (χ2n) is 5.55. The van der Waals surface area contributed by atoms with Gasteiger partial charge in [0.2, 0.25) is 5.91 Å². The maximum Gasteiger partial charge on any atom is 0.230 e. The number of hydrogen-bond acceptors (Lipinski definition) is 5. The predicted molar refractivity (Wildman–Crippen MR) is 105 cm³/mol. The third-order valence-electron chi connectivity index (χ3n) is 3.18. The van der Waals surface area contributed by atoms with Gasteiger partial charge in [0, 0.05) is 15.5 Å². The molecule has 0 spiro atoms. The molecular formula is C18H18N2OS3. The lowest BCUT2D eigenvalue weighted by molar-refractivity contribution is -0.115. The Morgan fingerprint density at radius 3 is 2.67 bits per heavy atom. The third-order valence-corrected chi connectivity index (χ3v) is 5.85. The first kappa shape index (κ1) is 17.2. The molecule has 1 N–H and O–H groups in total. The Morgan fingerprint density at radius 1 is 1.21 bits per heavy atom. The minimum absolute atomic E-state index is 0.0358. The van der Waals surface area contributed by atoms with Crippen molar-refractivity contribution in [3.63, 3.8) is 0 Å². The Bertz CT molecular complexity index is 792. The second kappa shape index (κ2) is 7.96. The fourth-order valence-electron chi connectivity index (χ4n) is 2.18. The molecule has 1 amide bonds. The van der Waals surface area contributed by atoms with Crippen molar-refractivity contribution < 1.29 is 4.79 Å². The minimum Gasteiger partial charge on any atom is -0.302 e. The normalized spacial score (nSPS) is 11.0. The Hall–Kier alpha value is -1.63. The SMILES string of the molecule is CC(C)Sc1ccc(CC(=O)Nc2nc(-c3cccs3)cs2)cc1. The summed E-state index contributed by atoms with van der Waals surface area (Å²) in [6.45, 7) is 4.34. The summed E-state index contributed by atoms with van der Waals surface area (Å²) < 4.78 is 0. The summed E-state index contributed by atoms with van der Waals surface area (Å²) in [5, 5.41) is 8.09. The molecule has 3 rings (SSSR count). The smallest absolute Gasteiger partial charge is 0.230 e. The van der Waals surface area contributed by atoms with E-state index in [1.807, 2.05) is 46.8 Å². The summed E-state index contributed by atoms with van der Waals surface area (Å²) in [7, 11) is 0. The van der Waals surface area contributed by atoms with Crippen LogP contribution in [0.3, 0.4) is 0 Å². The van der Waals surface area contributed by atoms with Crippen LogP contribution in [0.25, 0.3) is 10.6 Å². The number of thiazole rings is 1. The van der Waals surface area contributed by atoms with Crippen LogP contribution < -0.4 is 5.32 Å². The topological polar surface area (TPSA) is 42.0 Å². The van der Waals surface area contributed by atoms with Gasteiger partial charge in [-0.2, -0.15) is 0 Å². The quantitative estimate of drug-likeness (QED) is 0.575. The summed E-state index contributed by atoms with van der Waals surface area (Å²) in [4.78, 5) is 19.0. The lowest BCUT2D eigenvalue weighted by Gasteiger charge is -2.06. The van der Waals surface area contributed by atoms with E-state index in [-0.39, 0.29) is 5.91 Å². The second-order valence-corrected chi connectivity index (χ2v) is 9.01. The highest BCUT2D eigenvalue weighted by molar-refractivity contribution is 7.99. The summed E-state index contributed by atoms with van der Waals surface area (Å²) >= 11 is 4.92. The van der Waals surface area contributed by atoms with E-state index in [1.165, 1.54) is 16.2 Å². The molecule has 0 unspecified atom stereocenters. The fourth-order valence-corrected chi connectivity index (χ4v) is 4.50. The Balaban J connectivity index is 1.57. The molecule has 1 aromatic carbocycles. The highest BCUT2D eigenvalue weighted by Gasteiger charge is 2.09. The molecule has 0 aliphatic heterocycles. The zero-order chi connectivity index (χ0) is 16.9. The standard InChI is InChI=1S/C18H18N2OS3/c1-12(2)24-14-7-5-13(6-8-14)10-17(21)20-18-19-15(11-23-18)16-4-3-9-22-16/h3-9,11-12H,10H2,1-2H3,(H,19,20,21). The predicted octanol–water partition coefficient (Wildman–Crippen LogP) is 5.55. The van der Waals surface area contributed by atoms with Crippen molar-refractivity contribution in [2.45, 2.75) is 30.4 Å². The van der Waals surface area contributed by atoms with Crippen LogP contribution in [0.5, 0.6) is 0 Å². The number of benzene rings is 1. The lowest BCUT2D eigenvalue weighted by atomic mass is 10.1. The summed E-state index contributed by atoms with van der Waals surface area (Å²) in [6.07, 6.45) is 0.362. The van der Waals surface area contributed by atoms with E-state index in [9.17, 15) is 4.79 Å². The van der Waals surface area contributed by atoms with Gasteiger partial charge in [0.05, 0.1) is 17.0 Å². The Morgan fingerprint density at radius 2 is 2.00 bits per heavy atom. The number of thioether (sulfide) groups is 1. The number of thiophene rings is 1. The van der Waals surface area contributed by atoms with E-state index < -0.39 is 0 Å². The van der Waals surface area contributed by atoms with Gasteiger partial charge in [0.25, 0.3) is 0 Å². The molecule has 2 heterocycles. The molecule has 2 aromatic heterocycles. The van der Waals surface area contributed by atoms with Gasteiger partial charge in [-0.05, 0) is 29.1 Å². The Kier molecular flexibility index (Phi) is 5.71. The zero-order valence-electron chi connectivity index (χ0n) is 13.5. The van der Waals surface area contributed by atoms with Crippen molar-refractivity contribution in [3.8, 4) is 10.6 Å². The number of amides is 1. The van der Waals surface area contributed by atoms with Gasteiger partial charge in [-0.1, -0.05) is 32.0 Å². The van der Waals surface area contributed by atoms with Gasteiger partial charge in [-0.25, -0.2) is 4.98 Å². The van der Waals surface area contributed by atoms with Crippen LogP contribution >= 0.6 is 34.4 Å². The molecular weight excluding hydrogens is 356 g/mol. The fraction of sp³-hybridized carbons (Fsp3) is 0.222. The van der Waals surface area contributed by atoms with Gasteiger partial charge in [-0.15, -0.1) is 34.4 Å². The number of carbonyl (C=O) groups excluding carboxylic acids is 1. The summed E-state index contributed by atoms with van der Waals surface area (Å²) in [6, 6.07) is 12.2. The van der Waals surface area contributed by atoms with Crippen LogP contribution in [0.2, 0.25) is 0 Å². The Labute approximate surface area is 154 Å². The van der Waals surface area contributed by atoms with E-state index in [2.05, 4.69) is 36.3 Å². The molecule has 0 aliphatic rings. The molecule has 3 aromatic rings. The average Bonchev–Trinajstić information content (AvgIpc) is 3.19. The molecule has 0 saturated carbocycles. The number of rotatable bonds is 6. The van der Waals surface area contributed by atoms with Crippen LogP contribution in [0.1, 0.15) is 19.4 Å². The molecule has 0 atom stereocenters. The van der Waals surface area contributed by atoms with Crippen LogP contribution in [0.15, 0.2) is 52.1 Å². The van der Waals surface area contributed by atoms with Crippen LogP contribution in [0.4, 0.5) is 5.13 Å². The molecule has 0 fully saturated rings. The molecule has 24 heavy (non-hydrogen) atoms. The van der Waals surface area contributed by atoms with Crippen LogP contribution in [0, 0.1) is 0 Å². The van der Waals surface area contributed by atoms with E-state index in [1.54, 1.807) is 11.3 Å². The lowest BCUT2D eigenvalue weighted by Crippen LogP contribution is -2.14. The largest absolute Gasteiger partial charge is 0.302 e. The first-order valence-electron chi connectivity index (χ1n) is 7.65. The van der Waals surface area contributed by atoms with Crippen molar-refractivity contribution in [2.24, 2.45) is 0 Å². The van der Waals surface area contributed by atoms with Crippen LogP contribution in [-0.2, 0) is 11.2 Å². The van der Waals surface area contributed by atoms with Gasteiger partial charge in [-0.3, -0.25) is 4.79 Å². The van der Waals surface area contributed by atoms with Gasteiger partial charge < -0.3 is 5.32 Å². The van der Waals surface area contributed by atoms with E-state index in [0.717, 1.165) is 16.1 Å². The molecule has 124 valence electrons. The zero-order valence-corrected chi connectivity index (χ0v) is 15.9. The third kappa shape index (κ3) is 4.69. The van der Waals surface area contributed by atoms with Gasteiger partial charge in [0.15, 0.2) is 5.13 Å². The first-order valence-corrected chi connectivity index (χ1v) is 10.3. The monoisotopic (exact) mass is 374 g/mol. The van der Waals surface area contributed by atoms with Gasteiger partial charge in [0.1, 0.15) is 0 Å². The van der Waals surface area contributed by atoms with E-state index in [0.29, 0.717) is 16.8 Å². The highest BCUT2D eigenvalue weighted by atomic mass is 32.2. The van der Waals surface area contributed by atoms with Gasteiger partial charge >= 0.3 is 0 Å². The van der Waals surface area contributed by atoms with Crippen molar-refractivity contribution in [1.29, 1.82) is 0 Å². The average molecular weight is 375 g/mol. The summed E-state index contributed by atoms with van der Waals surface area (Å²) in [5.74, 6) is -0.0358. The van der Waals surface area contributed by atoms with E-state index >= 15 is 0 Å². The molecule has 0 aliphatic carbocycles. The van der Waals surface area contributed by atoms with Crippen molar-refractivity contribution in [2.75, 3.05) is 5.32 Å². The highest BCUT2D eigenvalue weighted by Crippen LogP contribution is 2.28. The molecule has 0 radical (unpaired) electrons. The number of anilines is 1. The minimum atomic E-state index is -0.0358. The van der Waals surface area contributed by atoms with Crippen molar-refractivity contribution in [1.82, 2.24) is 4.98 Å². The maximum absolute atomic E-state index is 12.2. The van der Waals surface area contributed by atoms with Crippen LogP contribution in [-0.4, -0.2) is 16.1 Å². The summed E-state index contributed by atoms with van der Waals surface area (Å²) in [5.41, 5.74) is 1.93. The maximum atomic E-state index is 12.2. The molecule has 0 bridgehead atoms. The molecule has 0 saturated heterocycles.